The van der Waals surface area contributed by atoms with Gasteiger partial charge in [-0.05, 0) is 59.5 Å². The van der Waals surface area contributed by atoms with Crippen LogP contribution >= 0.6 is 34.2 Å². The van der Waals surface area contributed by atoms with Gasteiger partial charge < -0.3 is 5.32 Å². The normalized spacial score (nSPS) is 17.8. The summed E-state index contributed by atoms with van der Waals surface area (Å²) in [5, 5.41) is 4.39. The van der Waals surface area contributed by atoms with Crippen LogP contribution in [0.1, 0.15) is 38.5 Å². The van der Waals surface area contributed by atoms with Crippen molar-refractivity contribution in [3.8, 4) is 0 Å². The van der Waals surface area contributed by atoms with Crippen LogP contribution in [0.15, 0.2) is 18.2 Å². The second kappa shape index (κ2) is 6.83. The lowest BCUT2D eigenvalue weighted by Crippen LogP contribution is -2.14. The van der Waals surface area contributed by atoms with Gasteiger partial charge in [0.05, 0.1) is 0 Å². The Kier molecular flexibility index (Phi) is 5.42. The molecule has 0 aromatic heterocycles. The van der Waals surface area contributed by atoms with Crippen LogP contribution in [0, 0.1) is 9.49 Å². The van der Waals surface area contributed by atoms with Gasteiger partial charge in [-0.3, -0.25) is 0 Å². The van der Waals surface area contributed by atoms with Crippen molar-refractivity contribution < 1.29 is 0 Å². The first kappa shape index (κ1) is 13.5. The van der Waals surface area contributed by atoms with Crippen LogP contribution in [0.2, 0.25) is 5.02 Å². The Morgan fingerprint density at radius 3 is 2.53 bits per heavy atom. The number of halogens is 2. The molecular formula is C14H19ClIN. The van der Waals surface area contributed by atoms with Crippen LogP contribution in [0.5, 0.6) is 0 Å². The van der Waals surface area contributed by atoms with Gasteiger partial charge in [-0.25, -0.2) is 0 Å². The maximum absolute atomic E-state index is 5.95. The van der Waals surface area contributed by atoms with Gasteiger partial charge in [-0.15, -0.1) is 0 Å². The average molecular weight is 364 g/mol. The van der Waals surface area contributed by atoms with Crippen LogP contribution in [-0.2, 0) is 0 Å². The molecule has 1 N–H and O–H groups in total. The van der Waals surface area contributed by atoms with Gasteiger partial charge in [0.25, 0.3) is 0 Å². The highest BCUT2D eigenvalue weighted by Gasteiger charge is 2.12. The van der Waals surface area contributed by atoms with Crippen molar-refractivity contribution in [2.75, 3.05) is 11.9 Å². The van der Waals surface area contributed by atoms with E-state index in [0.29, 0.717) is 0 Å². The first-order valence-electron chi connectivity index (χ1n) is 6.44. The van der Waals surface area contributed by atoms with Crippen molar-refractivity contribution in [2.24, 2.45) is 5.92 Å². The van der Waals surface area contributed by atoms with Gasteiger partial charge >= 0.3 is 0 Å². The fraction of sp³-hybridized carbons (Fsp3) is 0.571. The Morgan fingerprint density at radius 2 is 1.88 bits per heavy atom. The van der Waals surface area contributed by atoms with Crippen molar-refractivity contribution in [1.29, 1.82) is 0 Å². The van der Waals surface area contributed by atoms with Crippen LogP contribution < -0.4 is 5.32 Å². The molecule has 17 heavy (non-hydrogen) atoms. The molecule has 1 aliphatic rings. The fourth-order valence-corrected chi connectivity index (χ4v) is 3.52. The average Bonchev–Trinajstić information content (AvgIpc) is 2.56. The van der Waals surface area contributed by atoms with Crippen LogP contribution in [0.25, 0.3) is 0 Å². The highest BCUT2D eigenvalue weighted by molar-refractivity contribution is 14.1. The fourth-order valence-electron chi connectivity index (χ4n) is 2.46. The summed E-state index contributed by atoms with van der Waals surface area (Å²) in [6, 6.07) is 6.05. The molecule has 1 aromatic carbocycles. The maximum Gasteiger partial charge on any atom is 0.0477 e. The molecule has 1 saturated carbocycles. The van der Waals surface area contributed by atoms with E-state index in [9.17, 15) is 0 Å². The molecule has 0 saturated heterocycles. The highest BCUT2D eigenvalue weighted by Crippen LogP contribution is 2.26. The molecule has 0 bridgehead atoms. The zero-order chi connectivity index (χ0) is 12.1. The lowest BCUT2D eigenvalue weighted by atomic mass is 10.0. The largest absolute Gasteiger partial charge is 0.384 e. The van der Waals surface area contributed by atoms with E-state index in [1.54, 1.807) is 0 Å². The molecule has 3 heteroatoms. The third-order valence-electron chi connectivity index (χ3n) is 3.49. The summed E-state index contributed by atoms with van der Waals surface area (Å²) < 4.78 is 1.21. The quantitative estimate of drug-likeness (QED) is 0.565. The molecule has 0 aliphatic heterocycles. The minimum atomic E-state index is 0.814. The third-order valence-corrected chi connectivity index (χ3v) is 4.61. The monoisotopic (exact) mass is 363 g/mol. The number of anilines is 1. The molecule has 0 heterocycles. The van der Waals surface area contributed by atoms with Crippen LogP contribution in [-0.4, -0.2) is 6.54 Å². The molecule has 1 nitrogen and oxygen atoms in total. The Bertz CT molecular complexity index is 359. The van der Waals surface area contributed by atoms with Crippen LogP contribution in [0.3, 0.4) is 0 Å². The van der Waals surface area contributed by atoms with Gasteiger partial charge in [-0.1, -0.05) is 37.3 Å². The zero-order valence-corrected chi connectivity index (χ0v) is 12.9. The molecule has 0 atom stereocenters. The van der Waals surface area contributed by atoms with Gasteiger partial charge in [0.2, 0.25) is 0 Å². The molecule has 0 unspecified atom stereocenters. The lowest BCUT2D eigenvalue weighted by Gasteiger charge is -2.16. The molecule has 1 aromatic rings. The van der Waals surface area contributed by atoms with Crippen molar-refractivity contribution >= 4 is 39.9 Å². The summed E-state index contributed by atoms with van der Waals surface area (Å²) in [6.45, 7) is 1.11. The molecule has 1 fully saturated rings. The Labute approximate surface area is 122 Å². The van der Waals surface area contributed by atoms with E-state index in [2.05, 4.69) is 34.0 Å². The first-order chi connectivity index (χ1) is 8.25. The molecule has 0 amide bonds. The number of rotatable bonds is 3. The second-order valence-corrected chi connectivity index (χ2v) is 6.46. The Balaban J connectivity index is 1.88. The van der Waals surface area contributed by atoms with Gasteiger partial charge in [0, 0.05) is 20.8 Å². The molecule has 2 rings (SSSR count). The standard InChI is InChI=1S/C14H19ClIN/c15-12-7-8-14(13(16)9-12)17-10-11-5-3-1-2-4-6-11/h7-9,11,17H,1-6,10H2. The predicted molar refractivity (Wildman–Crippen MR) is 83.9 cm³/mol. The van der Waals surface area contributed by atoms with Gasteiger partial charge in [-0.2, -0.15) is 0 Å². The second-order valence-electron chi connectivity index (χ2n) is 4.86. The summed E-state index contributed by atoms with van der Waals surface area (Å²) >= 11 is 8.30. The summed E-state index contributed by atoms with van der Waals surface area (Å²) in [5.41, 5.74) is 1.22. The van der Waals surface area contributed by atoms with Crippen molar-refractivity contribution in [3.63, 3.8) is 0 Å². The number of nitrogens with one attached hydrogen (secondary N) is 1. The predicted octanol–water partition coefficient (Wildman–Crippen LogP) is 5.33. The minimum absolute atomic E-state index is 0.814. The first-order valence-corrected chi connectivity index (χ1v) is 7.90. The molecule has 0 radical (unpaired) electrons. The van der Waals surface area contributed by atoms with Crippen molar-refractivity contribution in [1.82, 2.24) is 0 Å². The number of hydrogen-bond acceptors (Lipinski definition) is 1. The smallest absolute Gasteiger partial charge is 0.0477 e. The Hall–Kier alpha value is 0.0400. The molecular weight excluding hydrogens is 345 g/mol. The number of hydrogen-bond donors (Lipinski definition) is 1. The summed E-state index contributed by atoms with van der Waals surface area (Å²) in [6.07, 6.45) is 8.44. The van der Waals surface area contributed by atoms with E-state index in [4.69, 9.17) is 11.6 Å². The highest BCUT2D eigenvalue weighted by atomic mass is 127. The SMILES string of the molecule is Clc1ccc(NCC2CCCCCC2)c(I)c1. The van der Waals surface area contributed by atoms with Gasteiger partial charge in [0.1, 0.15) is 0 Å². The molecule has 94 valence electrons. The van der Waals surface area contributed by atoms with E-state index in [-0.39, 0.29) is 0 Å². The van der Waals surface area contributed by atoms with Gasteiger partial charge in [0.15, 0.2) is 0 Å². The summed E-state index contributed by atoms with van der Waals surface area (Å²) in [5.74, 6) is 0.851. The maximum atomic E-state index is 5.95. The van der Waals surface area contributed by atoms with E-state index in [0.717, 1.165) is 17.5 Å². The van der Waals surface area contributed by atoms with Crippen molar-refractivity contribution in [3.05, 3.63) is 26.8 Å². The number of benzene rings is 1. The molecule has 0 spiro atoms. The molecule has 1 aliphatic carbocycles. The van der Waals surface area contributed by atoms with E-state index >= 15 is 0 Å². The Morgan fingerprint density at radius 1 is 1.18 bits per heavy atom. The minimum Gasteiger partial charge on any atom is -0.384 e. The lowest BCUT2D eigenvalue weighted by molar-refractivity contribution is 0.483. The summed E-state index contributed by atoms with van der Waals surface area (Å²) in [4.78, 5) is 0. The zero-order valence-electron chi connectivity index (χ0n) is 10.0. The topological polar surface area (TPSA) is 12.0 Å². The third kappa shape index (κ3) is 4.32. The summed E-state index contributed by atoms with van der Waals surface area (Å²) in [7, 11) is 0. The van der Waals surface area contributed by atoms with E-state index in [1.807, 2.05) is 12.1 Å². The van der Waals surface area contributed by atoms with Crippen LogP contribution in [0.4, 0.5) is 5.69 Å². The van der Waals surface area contributed by atoms with E-state index in [1.165, 1.54) is 47.8 Å². The van der Waals surface area contributed by atoms with E-state index < -0.39 is 0 Å². The van der Waals surface area contributed by atoms with Crippen molar-refractivity contribution in [2.45, 2.75) is 38.5 Å².